The van der Waals surface area contributed by atoms with Crippen LogP contribution in [0.1, 0.15) is 32.0 Å². The molecule has 0 amide bonds. The van der Waals surface area contributed by atoms with Gasteiger partial charge in [-0.25, -0.2) is 9.97 Å². The van der Waals surface area contributed by atoms with E-state index in [0.29, 0.717) is 29.0 Å². The highest BCUT2D eigenvalue weighted by Gasteiger charge is 2.24. The van der Waals surface area contributed by atoms with Crippen LogP contribution in [-0.2, 0) is 0 Å². The van der Waals surface area contributed by atoms with Crippen molar-refractivity contribution in [2.75, 3.05) is 35.2 Å². The molecule has 8 nitrogen and oxygen atoms in total. The van der Waals surface area contributed by atoms with Crippen molar-refractivity contribution in [3.05, 3.63) is 54.5 Å². The second-order valence-electron chi connectivity index (χ2n) is 8.80. The highest BCUT2D eigenvalue weighted by molar-refractivity contribution is 5.74. The summed E-state index contributed by atoms with van der Waals surface area (Å²) in [6.45, 7) is 4.65. The summed E-state index contributed by atoms with van der Waals surface area (Å²) in [4.78, 5) is 13.8. The Balaban J connectivity index is 1.36. The van der Waals surface area contributed by atoms with Gasteiger partial charge < -0.3 is 20.6 Å². The van der Waals surface area contributed by atoms with E-state index in [1.165, 1.54) is 12.8 Å². The first kappa shape index (κ1) is 21.2. The molecule has 1 aliphatic heterocycles. The van der Waals surface area contributed by atoms with E-state index in [1.54, 1.807) is 12.1 Å². The topological polar surface area (TPSA) is 104 Å². The van der Waals surface area contributed by atoms with Crippen molar-refractivity contribution >= 4 is 23.4 Å². The third-order valence-corrected chi connectivity index (χ3v) is 6.37. The van der Waals surface area contributed by atoms with Crippen LogP contribution in [0.5, 0.6) is 5.75 Å². The first-order valence-electron chi connectivity index (χ1n) is 11.5. The number of benzene rings is 1. The number of aromatic hydroxyl groups is 1. The Morgan fingerprint density at radius 1 is 1.06 bits per heavy atom. The molecule has 3 N–H and O–H groups in total. The van der Waals surface area contributed by atoms with Gasteiger partial charge in [0.1, 0.15) is 11.6 Å². The van der Waals surface area contributed by atoms with E-state index in [9.17, 15) is 5.11 Å². The molecule has 2 aromatic heterocycles. The van der Waals surface area contributed by atoms with Crippen LogP contribution in [0, 0.1) is 5.92 Å². The molecule has 5 rings (SSSR count). The lowest BCUT2D eigenvalue weighted by molar-refractivity contribution is 0.477. The average Bonchev–Trinajstić information content (AvgIpc) is 3.67. The minimum Gasteiger partial charge on any atom is -0.507 e. The number of rotatable bonds is 5. The third kappa shape index (κ3) is 4.74. The Hall–Kier alpha value is -3.68. The van der Waals surface area contributed by atoms with Crippen LogP contribution >= 0.6 is 0 Å². The van der Waals surface area contributed by atoms with Crippen molar-refractivity contribution < 1.29 is 5.11 Å². The van der Waals surface area contributed by atoms with Crippen molar-refractivity contribution in [1.82, 2.24) is 20.2 Å². The molecule has 1 aliphatic carbocycles. The highest BCUT2D eigenvalue weighted by atomic mass is 16.3. The maximum Gasteiger partial charge on any atom is 0.169 e. The molecule has 8 heteroatoms. The van der Waals surface area contributed by atoms with Gasteiger partial charge in [-0.3, -0.25) is 0 Å². The van der Waals surface area contributed by atoms with E-state index < -0.39 is 0 Å². The molecule has 33 heavy (non-hydrogen) atoms. The minimum absolute atomic E-state index is 0.175. The molecule has 0 bridgehead atoms. The Bertz CT molecular complexity index is 1160. The molecule has 3 heterocycles. The predicted octanol–water partition coefficient (Wildman–Crippen LogP) is 3.75. The summed E-state index contributed by atoms with van der Waals surface area (Å²) in [5.41, 5.74) is 8.32. The van der Waals surface area contributed by atoms with Gasteiger partial charge in [0.05, 0.1) is 11.4 Å². The fraction of sp³-hybridized carbons (Fsp3) is 0.360. The molecule has 2 aliphatic rings. The van der Waals surface area contributed by atoms with Gasteiger partial charge >= 0.3 is 0 Å². The van der Waals surface area contributed by atoms with Crippen molar-refractivity contribution in [2.45, 2.75) is 32.2 Å². The molecule has 0 unspecified atom stereocenters. The Morgan fingerprint density at radius 3 is 2.73 bits per heavy atom. The second-order valence-corrected chi connectivity index (χ2v) is 8.80. The number of nitrogens with two attached hydrogens (primary N) is 1. The maximum absolute atomic E-state index is 10.2. The van der Waals surface area contributed by atoms with Crippen molar-refractivity contribution in [2.24, 2.45) is 5.92 Å². The SMILES string of the molecule is C[C@H]1CCN(c2cc(-c3ccccc3O)nnc2N)CCN1c1ccnc(/C=C/C2CC2)n1. The predicted molar refractivity (Wildman–Crippen MR) is 131 cm³/mol. The second kappa shape index (κ2) is 9.05. The number of aromatic nitrogens is 4. The standard InChI is InChI=1S/C25H29N7O/c1-17-11-13-31(21-16-20(29-30-25(21)26)19-4-2-3-5-22(19)33)14-15-32(17)24-10-12-27-23(28-24)9-8-18-6-7-18/h2-5,8-10,12,16-18,33H,6-7,11,13-15H2,1H3,(H2,26,30)/b9-8+/t17-/m0/s1. The smallest absolute Gasteiger partial charge is 0.169 e. The van der Waals surface area contributed by atoms with Crippen LogP contribution in [0.3, 0.4) is 0 Å². The largest absolute Gasteiger partial charge is 0.507 e. The van der Waals surface area contributed by atoms with Gasteiger partial charge in [-0.1, -0.05) is 18.2 Å². The van der Waals surface area contributed by atoms with E-state index in [4.69, 9.17) is 10.7 Å². The first-order chi connectivity index (χ1) is 16.1. The van der Waals surface area contributed by atoms with Gasteiger partial charge in [0.2, 0.25) is 0 Å². The van der Waals surface area contributed by atoms with E-state index in [2.05, 4.69) is 38.0 Å². The summed E-state index contributed by atoms with van der Waals surface area (Å²) in [7, 11) is 0. The van der Waals surface area contributed by atoms with Gasteiger partial charge in [-0.15, -0.1) is 10.2 Å². The van der Waals surface area contributed by atoms with Crippen LogP contribution < -0.4 is 15.5 Å². The molecule has 1 atom stereocenters. The van der Waals surface area contributed by atoms with Crippen LogP contribution in [0.25, 0.3) is 17.3 Å². The van der Waals surface area contributed by atoms with E-state index in [-0.39, 0.29) is 5.75 Å². The van der Waals surface area contributed by atoms with Crippen LogP contribution in [0.15, 0.2) is 48.7 Å². The molecule has 170 valence electrons. The first-order valence-corrected chi connectivity index (χ1v) is 11.5. The number of phenolic OH excluding ortho intramolecular Hbond substituents is 1. The lowest BCUT2D eigenvalue weighted by Gasteiger charge is -2.28. The molecular formula is C25H29N7O. The number of hydrogen-bond donors (Lipinski definition) is 2. The van der Waals surface area contributed by atoms with Gasteiger partial charge in [0.15, 0.2) is 11.6 Å². The van der Waals surface area contributed by atoms with Crippen molar-refractivity contribution in [3.8, 4) is 17.0 Å². The zero-order valence-corrected chi connectivity index (χ0v) is 18.8. The summed E-state index contributed by atoms with van der Waals surface area (Å²) in [5, 5.41) is 18.6. The van der Waals surface area contributed by atoms with E-state index in [1.807, 2.05) is 36.5 Å². The number of nitrogens with zero attached hydrogens (tertiary/aromatic N) is 6. The molecule has 2 fully saturated rings. The van der Waals surface area contributed by atoms with Crippen LogP contribution in [0.2, 0.25) is 0 Å². The third-order valence-electron chi connectivity index (χ3n) is 6.37. The molecule has 0 spiro atoms. The molecular weight excluding hydrogens is 414 g/mol. The molecule has 1 saturated carbocycles. The lowest BCUT2D eigenvalue weighted by Crippen LogP contribution is -2.35. The lowest BCUT2D eigenvalue weighted by atomic mass is 10.1. The Morgan fingerprint density at radius 2 is 1.91 bits per heavy atom. The minimum atomic E-state index is 0.175. The summed E-state index contributed by atoms with van der Waals surface area (Å²) in [6.07, 6.45) is 9.59. The fourth-order valence-electron chi connectivity index (χ4n) is 4.22. The monoisotopic (exact) mass is 443 g/mol. The maximum atomic E-state index is 10.2. The molecule has 1 aromatic carbocycles. The van der Waals surface area contributed by atoms with Gasteiger partial charge in [-0.05, 0) is 62.4 Å². The summed E-state index contributed by atoms with van der Waals surface area (Å²) >= 11 is 0. The molecule has 0 radical (unpaired) electrons. The summed E-state index contributed by atoms with van der Waals surface area (Å²) in [6, 6.07) is 11.4. The number of anilines is 3. The van der Waals surface area contributed by atoms with E-state index >= 15 is 0 Å². The molecule has 3 aromatic rings. The Labute approximate surface area is 193 Å². The Kier molecular flexibility index (Phi) is 5.81. The van der Waals surface area contributed by atoms with Gasteiger partial charge in [0.25, 0.3) is 0 Å². The highest BCUT2D eigenvalue weighted by Crippen LogP contribution is 2.33. The average molecular weight is 444 g/mol. The number of hydrogen-bond acceptors (Lipinski definition) is 8. The molecule has 1 saturated heterocycles. The number of nitrogen functional groups attached to an aromatic ring is 1. The van der Waals surface area contributed by atoms with Crippen LogP contribution in [0.4, 0.5) is 17.3 Å². The van der Waals surface area contributed by atoms with Crippen LogP contribution in [-0.4, -0.2) is 50.9 Å². The fourth-order valence-corrected chi connectivity index (χ4v) is 4.22. The quantitative estimate of drug-likeness (QED) is 0.614. The number of para-hydroxylation sites is 1. The number of allylic oxidation sites excluding steroid dienone is 1. The summed E-state index contributed by atoms with van der Waals surface area (Å²) < 4.78 is 0. The van der Waals surface area contributed by atoms with Crippen molar-refractivity contribution in [3.63, 3.8) is 0 Å². The van der Waals surface area contributed by atoms with Gasteiger partial charge in [-0.2, -0.15) is 0 Å². The zero-order chi connectivity index (χ0) is 22.8. The van der Waals surface area contributed by atoms with Crippen molar-refractivity contribution in [1.29, 1.82) is 0 Å². The van der Waals surface area contributed by atoms with E-state index in [0.717, 1.165) is 43.4 Å². The zero-order valence-electron chi connectivity index (χ0n) is 18.8. The number of phenols is 1. The summed E-state index contributed by atoms with van der Waals surface area (Å²) in [5.74, 6) is 2.98. The van der Waals surface area contributed by atoms with Gasteiger partial charge in [0, 0.05) is 37.4 Å². The normalized spacial score (nSPS) is 19.1.